The van der Waals surface area contributed by atoms with Crippen molar-refractivity contribution >= 4 is 17.0 Å². The van der Waals surface area contributed by atoms with Gasteiger partial charge in [0.25, 0.3) is 5.24 Å². The van der Waals surface area contributed by atoms with E-state index >= 15 is 0 Å². The van der Waals surface area contributed by atoms with Crippen molar-refractivity contribution in [3.8, 4) is 0 Å². The van der Waals surface area contributed by atoms with Crippen LogP contribution in [0.15, 0.2) is 0 Å². The molecule has 1 amide bonds. The minimum Gasteiger partial charge on any atom is -0.330 e. The summed E-state index contributed by atoms with van der Waals surface area (Å²) in [6.45, 7) is 0. The van der Waals surface area contributed by atoms with Crippen molar-refractivity contribution in [2.24, 2.45) is 5.84 Å². The summed E-state index contributed by atoms with van der Waals surface area (Å²) in [6, 6.07) is 0. The number of rotatable bonds is 1. The van der Waals surface area contributed by atoms with Crippen molar-refractivity contribution in [1.29, 1.82) is 0 Å². The molecule has 1 aliphatic heterocycles. The number of hydrogen-bond donors (Lipinski definition) is 3. The van der Waals surface area contributed by atoms with E-state index in [4.69, 9.17) is 5.84 Å². The van der Waals surface area contributed by atoms with Crippen molar-refractivity contribution in [1.82, 2.24) is 10.7 Å². The first-order valence-electron chi connectivity index (χ1n) is 2.22. The maximum absolute atomic E-state index is 10.4. The van der Waals surface area contributed by atoms with Crippen LogP contribution in [0.25, 0.3) is 0 Å². The van der Waals surface area contributed by atoms with Crippen LogP contribution in [0, 0.1) is 0 Å². The topological polar surface area (TPSA) is 67.1 Å². The molecule has 0 spiro atoms. The van der Waals surface area contributed by atoms with Gasteiger partial charge in [0.15, 0.2) is 0 Å². The Morgan fingerprint density at radius 3 is 3.00 bits per heavy atom. The minimum atomic E-state index is -0.0347. The van der Waals surface area contributed by atoms with Gasteiger partial charge in [-0.3, -0.25) is 10.6 Å². The first kappa shape index (κ1) is 5.87. The van der Waals surface area contributed by atoms with Gasteiger partial charge in [-0.15, -0.1) is 0 Å². The number of thioether (sulfide) groups is 1. The Kier molecular flexibility index (Phi) is 1.72. The molecule has 0 aromatic heterocycles. The number of hydrogen-bond acceptors (Lipinski definition) is 4. The lowest BCUT2D eigenvalue weighted by Crippen LogP contribution is -2.44. The predicted molar refractivity (Wildman–Crippen MR) is 32.1 cm³/mol. The lowest BCUT2D eigenvalue weighted by molar-refractivity contribution is 0.258. The van der Waals surface area contributed by atoms with Gasteiger partial charge in [-0.25, -0.2) is 5.43 Å². The van der Waals surface area contributed by atoms with Crippen molar-refractivity contribution in [2.75, 3.05) is 5.75 Å². The monoisotopic (exact) mass is 133 g/mol. The van der Waals surface area contributed by atoms with Crippen LogP contribution in [0.4, 0.5) is 4.79 Å². The summed E-state index contributed by atoms with van der Waals surface area (Å²) in [6.07, 6.45) is -0.0347. The molecule has 1 aliphatic rings. The molecule has 1 atom stereocenters. The molecule has 5 heteroatoms. The quantitative estimate of drug-likeness (QED) is 0.324. The molecule has 0 aromatic rings. The normalized spacial score (nSPS) is 28.1. The maximum atomic E-state index is 10.4. The van der Waals surface area contributed by atoms with Crippen LogP contribution in [0.2, 0.25) is 0 Å². The Morgan fingerprint density at radius 2 is 2.75 bits per heavy atom. The smallest absolute Gasteiger partial charge is 0.280 e. The standard InChI is InChI=1S/C3H7N3OS/c4-6-2-1-8-3(7)5-2/h2,6H,1,4H2,(H,5,7). The maximum Gasteiger partial charge on any atom is 0.280 e. The molecule has 1 saturated heterocycles. The van der Waals surface area contributed by atoms with Gasteiger partial charge in [0.2, 0.25) is 0 Å². The van der Waals surface area contributed by atoms with Gasteiger partial charge in [0, 0.05) is 5.75 Å². The number of nitrogens with two attached hydrogens (primary N) is 1. The van der Waals surface area contributed by atoms with E-state index < -0.39 is 0 Å². The summed E-state index contributed by atoms with van der Waals surface area (Å²) >= 11 is 1.24. The number of nitrogens with one attached hydrogen (secondary N) is 2. The zero-order chi connectivity index (χ0) is 5.98. The zero-order valence-corrected chi connectivity index (χ0v) is 4.99. The molecule has 0 radical (unpaired) electrons. The average molecular weight is 133 g/mol. The Labute approximate surface area is 51.2 Å². The fraction of sp³-hybridized carbons (Fsp3) is 0.667. The molecule has 4 N–H and O–H groups in total. The molecule has 1 fully saturated rings. The first-order chi connectivity index (χ1) is 3.83. The van der Waals surface area contributed by atoms with Gasteiger partial charge >= 0.3 is 0 Å². The van der Waals surface area contributed by atoms with Crippen molar-refractivity contribution in [3.63, 3.8) is 0 Å². The Hall–Kier alpha value is -0.260. The van der Waals surface area contributed by atoms with Gasteiger partial charge in [-0.05, 0) is 0 Å². The summed E-state index contributed by atoms with van der Waals surface area (Å²) in [4.78, 5) is 10.4. The highest BCUT2D eigenvalue weighted by atomic mass is 32.2. The molecule has 46 valence electrons. The van der Waals surface area contributed by atoms with Gasteiger partial charge in [0.05, 0.1) is 0 Å². The number of carbonyl (C=O) groups excluding carboxylic acids is 1. The molecule has 0 aromatic carbocycles. The molecular formula is C3H7N3OS. The SMILES string of the molecule is NNC1CSC(=O)N1. The van der Waals surface area contributed by atoms with E-state index in [2.05, 4.69) is 10.7 Å². The third-order valence-electron chi connectivity index (χ3n) is 0.874. The summed E-state index contributed by atoms with van der Waals surface area (Å²) in [7, 11) is 0. The third-order valence-corrected chi connectivity index (χ3v) is 1.75. The van der Waals surface area contributed by atoms with Crippen LogP contribution in [0.3, 0.4) is 0 Å². The Balaban J connectivity index is 2.32. The van der Waals surface area contributed by atoms with Crippen LogP contribution >= 0.6 is 11.8 Å². The van der Waals surface area contributed by atoms with E-state index in [0.29, 0.717) is 0 Å². The van der Waals surface area contributed by atoms with Crippen LogP contribution in [0.5, 0.6) is 0 Å². The van der Waals surface area contributed by atoms with E-state index in [0.717, 1.165) is 5.75 Å². The molecule has 1 heterocycles. The minimum absolute atomic E-state index is 0.00653. The second-order valence-corrected chi connectivity index (χ2v) is 2.45. The summed E-state index contributed by atoms with van der Waals surface area (Å²) in [5.41, 5.74) is 2.44. The summed E-state index contributed by atoms with van der Waals surface area (Å²) < 4.78 is 0. The van der Waals surface area contributed by atoms with Crippen LogP contribution in [-0.2, 0) is 0 Å². The third kappa shape index (κ3) is 1.12. The second-order valence-electron chi connectivity index (χ2n) is 1.46. The van der Waals surface area contributed by atoms with Gasteiger partial charge < -0.3 is 5.32 Å². The van der Waals surface area contributed by atoms with E-state index in [9.17, 15) is 4.79 Å². The van der Waals surface area contributed by atoms with Gasteiger partial charge in [-0.2, -0.15) is 0 Å². The molecule has 4 nitrogen and oxygen atoms in total. The van der Waals surface area contributed by atoms with E-state index in [1.165, 1.54) is 11.8 Å². The molecule has 0 aliphatic carbocycles. The fourth-order valence-electron chi connectivity index (χ4n) is 0.474. The number of carbonyl (C=O) groups is 1. The van der Waals surface area contributed by atoms with Crippen molar-refractivity contribution < 1.29 is 4.79 Å². The van der Waals surface area contributed by atoms with Crippen molar-refractivity contribution in [2.45, 2.75) is 6.17 Å². The summed E-state index contributed by atoms with van der Waals surface area (Å²) in [5, 5.41) is 2.58. The molecule has 1 rings (SSSR count). The van der Waals surface area contributed by atoms with Crippen LogP contribution in [0.1, 0.15) is 0 Å². The fourth-order valence-corrected chi connectivity index (χ4v) is 1.20. The predicted octanol–water partition coefficient (Wildman–Crippen LogP) is -0.768. The number of hydrazine groups is 1. The van der Waals surface area contributed by atoms with E-state index in [-0.39, 0.29) is 11.4 Å². The summed E-state index contributed by atoms with van der Waals surface area (Å²) in [5.74, 6) is 5.74. The molecule has 1 unspecified atom stereocenters. The molecule has 8 heavy (non-hydrogen) atoms. The lowest BCUT2D eigenvalue weighted by Gasteiger charge is -2.03. The second kappa shape index (κ2) is 2.34. The first-order valence-corrected chi connectivity index (χ1v) is 3.21. The molecular weight excluding hydrogens is 126 g/mol. The van der Waals surface area contributed by atoms with E-state index in [1.54, 1.807) is 0 Å². The zero-order valence-electron chi connectivity index (χ0n) is 4.18. The largest absolute Gasteiger partial charge is 0.330 e. The molecule has 0 saturated carbocycles. The lowest BCUT2D eigenvalue weighted by atomic mass is 10.6. The van der Waals surface area contributed by atoms with Crippen molar-refractivity contribution in [3.05, 3.63) is 0 Å². The van der Waals surface area contributed by atoms with E-state index in [1.807, 2.05) is 0 Å². The van der Waals surface area contributed by atoms with Crippen LogP contribution < -0.4 is 16.6 Å². The Morgan fingerprint density at radius 1 is 2.00 bits per heavy atom. The van der Waals surface area contributed by atoms with Crippen LogP contribution in [-0.4, -0.2) is 17.2 Å². The van der Waals surface area contributed by atoms with Gasteiger partial charge in [-0.1, -0.05) is 11.8 Å². The highest BCUT2D eigenvalue weighted by Crippen LogP contribution is 2.09. The average Bonchev–Trinajstić information content (AvgIpc) is 2.14. The highest BCUT2D eigenvalue weighted by molar-refractivity contribution is 8.13. The highest BCUT2D eigenvalue weighted by Gasteiger charge is 2.18. The Bertz CT molecular complexity index is 107. The molecule has 0 bridgehead atoms. The number of amides is 1. The van der Waals surface area contributed by atoms with Gasteiger partial charge in [0.1, 0.15) is 6.17 Å².